The molecule has 2 aliphatic heterocycles. The molecule has 384 valence electrons. The highest BCUT2D eigenvalue weighted by Crippen LogP contribution is 2.58. The summed E-state index contributed by atoms with van der Waals surface area (Å²) in [6.07, 6.45) is 1.93. The zero-order valence-corrected chi connectivity index (χ0v) is 45.2. The van der Waals surface area contributed by atoms with Gasteiger partial charge in [-0.25, -0.2) is 4.98 Å². The van der Waals surface area contributed by atoms with Gasteiger partial charge in [-0.3, -0.25) is 4.40 Å². The third-order valence-electron chi connectivity index (χ3n) is 17.0. The quantitative estimate of drug-likeness (QED) is 0.166. The average molecular weight is 1040 g/mol. The number of benzene rings is 11. The zero-order valence-electron chi connectivity index (χ0n) is 45.2. The fraction of sp³-hybridized carbons (Fsp3) is 0.0658. The van der Waals surface area contributed by atoms with Crippen molar-refractivity contribution in [1.82, 2.24) is 9.38 Å². The largest absolute Gasteiger partial charge is 0.457 e. The first-order valence-corrected chi connectivity index (χ1v) is 28.0. The lowest BCUT2D eigenvalue weighted by molar-refractivity contribution is 0.483. The van der Waals surface area contributed by atoms with Gasteiger partial charge < -0.3 is 14.5 Å². The molecule has 0 unspecified atom stereocenters. The summed E-state index contributed by atoms with van der Waals surface area (Å²) in [5.41, 5.74) is 20.8. The van der Waals surface area contributed by atoms with Crippen molar-refractivity contribution in [3.05, 3.63) is 267 Å². The molecule has 0 N–H and O–H groups in total. The van der Waals surface area contributed by atoms with Crippen molar-refractivity contribution >= 4 is 82.5 Å². The highest BCUT2D eigenvalue weighted by Gasteiger charge is 2.37. The van der Waals surface area contributed by atoms with Gasteiger partial charge in [-0.15, -0.1) is 0 Å². The van der Waals surface area contributed by atoms with Crippen LogP contribution in [0, 0.1) is 0 Å². The smallest absolute Gasteiger partial charge is 0.145 e. The number of rotatable bonds is 6. The molecule has 0 saturated carbocycles. The molecule has 14 aromatic rings. The van der Waals surface area contributed by atoms with E-state index in [9.17, 15) is 0 Å². The number of para-hydroxylation sites is 3. The minimum Gasteiger partial charge on any atom is -0.457 e. The van der Waals surface area contributed by atoms with E-state index in [2.05, 4.69) is 290 Å². The zero-order chi connectivity index (χ0) is 53.9. The molecule has 0 fully saturated rings. The van der Waals surface area contributed by atoms with Gasteiger partial charge >= 0.3 is 0 Å². The predicted octanol–water partition coefficient (Wildman–Crippen LogP) is 20.6. The van der Waals surface area contributed by atoms with Crippen LogP contribution in [0.1, 0.15) is 26.3 Å². The van der Waals surface area contributed by atoms with Crippen molar-refractivity contribution < 1.29 is 4.74 Å². The molecule has 81 heavy (non-hydrogen) atoms. The minimum atomic E-state index is 0.0466. The fourth-order valence-electron chi connectivity index (χ4n) is 13.3. The lowest BCUT2D eigenvalue weighted by Crippen LogP contribution is -2.25. The van der Waals surface area contributed by atoms with Gasteiger partial charge in [0.25, 0.3) is 0 Å². The van der Waals surface area contributed by atoms with Crippen molar-refractivity contribution in [1.29, 1.82) is 0 Å². The van der Waals surface area contributed by atoms with E-state index < -0.39 is 0 Å². The number of ether oxygens (including phenoxy) is 1. The normalized spacial score (nSPS) is 12.8. The monoisotopic (exact) mass is 1040 g/mol. The standard InChI is InChI=1S/C76H54N4O/c1-76(2,3)51-38-36-50(37-39-51)54-27-14-30-63-66-32-16-31-65-61-43-41-53(46-70(61)80(73(65)66)75-67(34-18-44-77-75)59-25-12-13-26-62(59)71(54)63)81-52-40-42-60-57-23-10-11-24-58(57)64-33-17-35-68-74(64)79(69(60)45-52)47-78(68)72-55(48-19-6-4-7-20-48)28-15-29-56(72)49-21-8-5-9-22-49/h4-46H,47H2,1-3H3. The Labute approximate surface area is 470 Å². The molecule has 0 aliphatic carbocycles. The van der Waals surface area contributed by atoms with Crippen LogP contribution in [0.25, 0.3) is 115 Å². The Morgan fingerprint density at radius 1 is 0.370 bits per heavy atom. The van der Waals surface area contributed by atoms with E-state index in [0.717, 1.165) is 72.0 Å². The Bertz CT molecular complexity index is 4860. The van der Waals surface area contributed by atoms with Crippen LogP contribution in [-0.2, 0) is 5.41 Å². The second kappa shape index (κ2) is 18.2. The van der Waals surface area contributed by atoms with Crippen LogP contribution in [0.5, 0.6) is 11.5 Å². The first kappa shape index (κ1) is 46.8. The molecule has 16 rings (SSSR count). The van der Waals surface area contributed by atoms with Crippen LogP contribution < -0.4 is 14.5 Å². The Balaban J connectivity index is 0.885. The Kier molecular flexibility index (Phi) is 10.5. The number of hydrogen-bond donors (Lipinski definition) is 0. The first-order valence-electron chi connectivity index (χ1n) is 28.0. The summed E-state index contributed by atoms with van der Waals surface area (Å²) in [5, 5.41) is 9.19. The molecule has 0 atom stereocenters. The molecule has 5 heterocycles. The Hall–Kier alpha value is -10.2. The highest BCUT2D eigenvalue weighted by atomic mass is 16.5. The van der Waals surface area contributed by atoms with Crippen molar-refractivity contribution in [2.24, 2.45) is 0 Å². The van der Waals surface area contributed by atoms with Crippen LogP contribution >= 0.6 is 0 Å². The second-order valence-corrected chi connectivity index (χ2v) is 22.6. The maximum absolute atomic E-state index is 7.19. The van der Waals surface area contributed by atoms with Gasteiger partial charge in [-0.1, -0.05) is 221 Å². The first-order chi connectivity index (χ1) is 39.8. The van der Waals surface area contributed by atoms with Gasteiger partial charge in [0, 0.05) is 62.1 Å². The van der Waals surface area contributed by atoms with Crippen molar-refractivity contribution in [2.45, 2.75) is 26.2 Å². The van der Waals surface area contributed by atoms with Gasteiger partial charge in [0.15, 0.2) is 0 Å². The van der Waals surface area contributed by atoms with E-state index in [1.807, 2.05) is 6.20 Å². The molecule has 2 aliphatic rings. The number of fused-ring (bicyclic) bond motifs is 15. The van der Waals surface area contributed by atoms with Gasteiger partial charge in [-0.05, 0) is 108 Å². The van der Waals surface area contributed by atoms with Crippen molar-refractivity contribution in [3.8, 4) is 67.1 Å². The van der Waals surface area contributed by atoms with Gasteiger partial charge in [-0.2, -0.15) is 0 Å². The van der Waals surface area contributed by atoms with E-state index in [-0.39, 0.29) is 5.41 Å². The molecule has 5 heteroatoms. The molecular formula is C76H54N4O. The number of aromatic nitrogens is 2. The van der Waals surface area contributed by atoms with Gasteiger partial charge in [0.05, 0.1) is 33.8 Å². The van der Waals surface area contributed by atoms with Crippen molar-refractivity contribution in [2.75, 3.05) is 16.5 Å². The maximum atomic E-state index is 7.19. The van der Waals surface area contributed by atoms with Crippen molar-refractivity contribution in [3.63, 3.8) is 0 Å². The average Bonchev–Trinajstić information content (AvgIpc) is 4.29. The molecule has 0 bridgehead atoms. The van der Waals surface area contributed by atoms with E-state index >= 15 is 0 Å². The summed E-state index contributed by atoms with van der Waals surface area (Å²) in [5.74, 6) is 1.50. The number of pyridine rings is 1. The summed E-state index contributed by atoms with van der Waals surface area (Å²) < 4.78 is 9.58. The van der Waals surface area contributed by atoms with Gasteiger partial charge in [0.1, 0.15) is 23.8 Å². The molecule has 11 aromatic carbocycles. The highest BCUT2D eigenvalue weighted by molar-refractivity contribution is 6.27. The van der Waals surface area contributed by atoms with Crippen LogP contribution in [-0.4, -0.2) is 16.1 Å². The molecule has 0 spiro atoms. The molecule has 0 radical (unpaired) electrons. The SMILES string of the molecule is CC(C)(C)c1ccc(-c2cccc3c4cccc5c6ccc(Oc7ccc8c(c7)N7CN(c9c(-c%10ccccc%10)cccc9-c9ccccc9)c9cccc(c97)-c7ccccc7-8)cc6n(c6ncccc6c6ccccc6c23)c45)cc1. The van der Waals surface area contributed by atoms with Crippen LogP contribution in [0.15, 0.2) is 261 Å². The second-order valence-electron chi connectivity index (χ2n) is 22.6. The number of anilines is 4. The topological polar surface area (TPSA) is 33.0 Å². The minimum absolute atomic E-state index is 0.0466. The summed E-state index contributed by atoms with van der Waals surface area (Å²) in [7, 11) is 0. The van der Waals surface area contributed by atoms with Crippen LogP contribution in [0.4, 0.5) is 22.7 Å². The lowest BCUT2D eigenvalue weighted by atomic mass is 9.85. The summed E-state index contributed by atoms with van der Waals surface area (Å²) in [6.45, 7) is 7.42. The van der Waals surface area contributed by atoms with Gasteiger partial charge in [0.2, 0.25) is 0 Å². The fourth-order valence-corrected chi connectivity index (χ4v) is 13.3. The number of hydrogen-bond acceptors (Lipinski definition) is 4. The molecule has 5 nitrogen and oxygen atoms in total. The van der Waals surface area contributed by atoms with E-state index in [1.54, 1.807) is 0 Å². The third-order valence-corrected chi connectivity index (χ3v) is 17.0. The van der Waals surface area contributed by atoms with E-state index in [0.29, 0.717) is 6.67 Å². The maximum Gasteiger partial charge on any atom is 0.145 e. The molecule has 3 aromatic heterocycles. The third kappa shape index (κ3) is 7.35. The molecule has 0 saturated heterocycles. The summed E-state index contributed by atoms with van der Waals surface area (Å²) in [6, 6.07) is 93.1. The summed E-state index contributed by atoms with van der Waals surface area (Å²) >= 11 is 0. The Morgan fingerprint density at radius 3 is 1.65 bits per heavy atom. The van der Waals surface area contributed by atoms with E-state index in [4.69, 9.17) is 9.72 Å². The number of nitrogens with zero attached hydrogens (tertiary/aromatic N) is 4. The molecule has 0 amide bonds. The predicted molar refractivity (Wildman–Crippen MR) is 340 cm³/mol. The summed E-state index contributed by atoms with van der Waals surface area (Å²) in [4.78, 5) is 10.3. The van der Waals surface area contributed by atoms with E-state index in [1.165, 1.54) is 83.2 Å². The van der Waals surface area contributed by atoms with Crippen LogP contribution in [0.3, 0.4) is 0 Å². The molecular weight excluding hydrogens is 985 g/mol. The van der Waals surface area contributed by atoms with Crippen LogP contribution in [0.2, 0.25) is 0 Å². The Morgan fingerprint density at radius 2 is 0.901 bits per heavy atom. The lowest BCUT2D eigenvalue weighted by Gasteiger charge is -2.28.